The first kappa shape index (κ1) is 20.7. The molecule has 0 fully saturated rings. The van der Waals surface area contributed by atoms with Crippen LogP contribution in [-0.2, 0) is 14.3 Å². The number of nitrogens with one attached hydrogen (secondary N) is 1. The Morgan fingerprint density at radius 3 is 1.83 bits per heavy atom. The van der Waals surface area contributed by atoms with Crippen molar-refractivity contribution in [2.24, 2.45) is 0 Å². The number of esters is 2. The maximum atomic E-state index is 12.4. The molecule has 3 rings (SSSR count). The number of ether oxygens (including phenoxy) is 2. The van der Waals surface area contributed by atoms with Crippen molar-refractivity contribution in [2.45, 2.75) is 6.42 Å². The summed E-state index contributed by atoms with van der Waals surface area (Å²) in [5.74, 6) is -2.80. The Hall–Kier alpha value is -4.01. The van der Waals surface area contributed by atoms with E-state index in [1.165, 1.54) is 32.4 Å². The standard InChI is InChI=1S/C21H18N2O7/c1-29-20(27)12-9-13(21(28)30-2)11-14(10-12)22-17(24)7-8-23-18(25)15-5-3-4-6-16(15)19(23)26/h3-6,9-11H,7-8H2,1-2H3,(H,22,24). The van der Waals surface area contributed by atoms with Crippen molar-refractivity contribution in [1.82, 2.24) is 4.90 Å². The number of imide groups is 1. The third-order valence-corrected chi connectivity index (χ3v) is 4.50. The first-order chi connectivity index (χ1) is 14.3. The Morgan fingerprint density at radius 2 is 1.37 bits per heavy atom. The summed E-state index contributed by atoms with van der Waals surface area (Å²) in [6.07, 6.45) is -0.165. The first-order valence-electron chi connectivity index (χ1n) is 8.92. The Kier molecular flexibility index (Phi) is 5.91. The van der Waals surface area contributed by atoms with E-state index in [4.69, 9.17) is 0 Å². The lowest BCUT2D eigenvalue weighted by Gasteiger charge is -2.14. The van der Waals surface area contributed by atoms with Gasteiger partial charge in [0, 0.05) is 18.7 Å². The molecule has 3 amide bonds. The molecule has 0 aromatic heterocycles. The average molecular weight is 410 g/mol. The summed E-state index contributed by atoms with van der Waals surface area (Å²) in [4.78, 5) is 61.7. The number of benzene rings is 2. The van der Waals surface area contributed by atoms with E-state index < -0.39 is 29.7 Å². The first-order valence-corrected chi connectivity index (χ1v) is 8.92. The molecule has 2 aromatic rings. The van der Waals surface area contributed by atoms with Crippen LogP contribution in [-0.4, -0.2) is 55.3 Å². The molecule has 0 unspecified atom stereocenters. The van der Waals surface area contributed by atoms with Crippen LogP contribution in [0.15, 0.2) is 42.5 Å². The molecule has 0 atom stereocenters. The van der Waals surface area contributed by atoms with E-state index in [0.29, 0.717) is 11.1 Å². The second kappa shape index (κ2) is 8.56. The van der Waals surface area contributed by atoms with E-state index in [1.54, 1.807) is 24.3 Å². The van der Waals surface area contributed by atoms with E-state index in [1.807, 2.05) is 0 Å². The lowest BCUT2D eigenvalue weighted by atomic mass is 10.1. The highest BCUT2D eigenvalue weighted by molar-refractivity contribution is 6.21. The molecule has 2 aromatic carbocycles. The summed E-state index contributed by atoms with van der Waals surface area (Å²) >= 11 is 0. The van der Waals surface area contributed by atoms with Gasteiger partial charge in [-0.2, -0.15) is 0 Å². The van der Waals surface area contributed by atoms with Crippen molar-refractivity contribution in [3.8, 4) is 0 Å². The molecule has 0 saturated carbocycles. The molecule has 0 spiro atoms. The molecule has 30 heavy (non-hydrogen) atoms. The highest BCUT2D eigenvalue weighted by atomic mass is 16.5. The van der Waals surface area contributed by atoms with Gasteiger partial charge in [0.05, 0.1) is 36.5 Å². The predicted molar refractivity (Wildman–Crippen MR) is 104 cm³/mol. The summed E-state index contributed by atoms with van der Waals surface area (Å²) < 4.78 is 9.30. The van der Waals surface area contributed by atoms with Crippen LogP contribution in [0.5, 0.6) is 0 Å². The third kappa shape index (κ3) is 4.04. The van der Waals surface area contributed by atoms with Crippen molar-refractivity contribution >= 4 is 35.3 Å². The van der Waals surface area contributed by atoms with Crippen LogP contribution in [0.3, 0.4) is 0 Å². The molecule has 0 saturated heterocycles. The number of nitrogens with zero attached hydrogens (tertiary/aromatic N) is 1. The monoisotopic (exact) mass is 410 g/mol. The van der Waals surface area contributed by atoms with E-state index in [0.717, 1.165) is 4.90 Å². The van der Waals surface area contributed by atoms with Gasteiger partial charge in [-0.1, -0.05) is 12.1 Å². The number of anilines is 1. The molecule has 154 valence electrons. The lowest BCUT2D eigenvalue weighted by Crippen LogP contribution is -2.32. The van der Waals surface area contributed by atoms with Gasteiger partial charge in [0.25, 0.3) is 11.8 Å². The summed E-state index contributed by atoms with van der Waals surface area (Å²) in [5.41, 5.74) is 0.880. The normalized spacial score (nSPS) is 12.4. The molecule has 1 heterocycles. The predicted octanol–water partition coefficient (Wildman–Crippen LogP) is 1.88. The van der Waals surface area contributed by atoms with Crippen LogP contribution in [0.1, 0.15) is 47.9 Å². The number of hydrogen-bond donors (Lipinski definition) is 1. The fourth-order valence-electron chi connectivity index (χ4n) is 3.05. The van der Waals surface area contributed by atoms with Crippen molar-refractivity contribution < 1.29 is 33.4 Å². The minimum atomic E-state index is -0.692. The summed E-state index contributed by atoms with van der Waals surface area (Å²) in [7, 11) is 2.38. The number of carbonyl (C=O) groups excluding carboxylic acids is 5. The lowest BCUT2D eigenvalue weighted by molar-refractivity contribution is -0.116. The highest BCUT2D eigenvalue weighted by Gasteiger charge is 2.35. The van der Waals surface area contributed by atoms with Gasteiger partial charge in [-0.05, 0) is 30.3 Å². The number of fused-ring (bicyclic) bond motifs is 1. The Bertz CT molecular complexity index is 992. The number of methoxy groups -OCH3 is 2. The van der Waals surface area contributed by atoms with Crippen molar-refractivity contribution in [3.05, 3.63) is 64.7 Å². The van der Waals surface area contributed by atoms with Crippen LogP contribution >= 0.6 is 0 Å². The zero-order chi connectivity index (χ0) is 21.8. The van der Waals surface area contributed by atoms with Gasteiger partial charge < -0.3 is 14.8 Å². The molecule has 0 bridgehead atoms. The number of amides is 3. The molecule has 1 N–H and O–H groups in total. The minimum absolute atomic E-state index is 0.0519. The fraction of sp³-hybridized carbons (Fsp3) is 0.190. The van der Waals surface area contributed by atoms with Crippen molar-refractivity contribution in [3.63, 3.8) is 0 Å². The van der Waals surface area contributed by atoms with E-state index in [2.05, 4.69) is 14.8 Å². The Morgan fingerprint density at radius 1 is 0.867 bits per heavy atom. The van der Waals surface area contributed by atoms with Crippen LogP contribution in [0.25, 0.3) is 0 Å². The zero-order valence-electron chi connectivity index (χ0n) is 16.3. The largest absolute Gasteiger partial charge is 0.465 e. The van der Waals surface area contributed by atoms with Crippen LogP contribution in [0.2, 0.25) is 0 Å². The molecule has 9 nitrogen and oxygen atoms in total. The quantitative estimate of drug-likeness (QED) is 0.570. The molecule has 0 radical (unpaired) electrons. The van der Waals surface area contributed by atoms with Gasteiger partial charge in [0.1, 0.15) is 0 Å². The number of hydrogen-bond acceptors (Lipinski definition) is 7. The maximum Gasteiger partial charge on any atom is 0.337 e. The average Bonchev–Trinajstić information content (AvgIpc) is 3.00. The van der Waals surface area contributed by atoms with Gasteiger partial charge in [-0.25, -0.2) is 9.59 Å². The summed E-state index contributed by atoms with van der Waals surface area (Å²) in [6.45, 7) is -0.112. The Balaban J connectivity index is 1.71. The molecule has 9 heteroatoms. The van der Waals surface area contributed by atoms with Gasteiger partial charge >= 0.3 is 11.9 Å². The topological polar surface area (TPSA) is 119 Å². The van der Waals surface area contributed by atoms with Crippen LogP contribution < -0.4 is 5.32 Å². The van der Waals surface area contributed by atoms with E-state index in [9.17, 15) is 24.0 Å². The maximum absolute atomic E-state index is 12.4. The molecule has 1 aliphatic heterocycles. The highest BCUT2D eigenvalue weighted by Crippen LogP contribution is 2.23. The number of rotatable bonds is 6. The van der Waals surface area contributed by atoms with E-state index >= 15 is 0 Å². The fourth-order valence-corrected chi connectivity index (χ4v) is 3.05. The second-order valence-electron chi connectivity index (χ2n) is 6.39. The molecular weight excluding hydrogens is 392 g/mol. The van der Waals surface area contributed by atoms with Crippen molar-refractivity contribution in [2.75, 3.05) is 26.1 Å². The van der Waals surface area contributed by atoms with Crippen LogP contribution in [0.4, 0.5) is 5.69 Å². The third-order valence-electron chi connectivity index (χ3n) is 4.50. The molecule has 0 aliphatic carbocycles. The smallest absolute Gasteiger partial charge is 0.337 e. The van der Waals surface area contributed by atoms with Gasteiger partial charge in [-0.3, -0.25) is 19.3 Å². The van der Waals surface area contributed by atoms with Crippen LogP contribution in [0, 0.1) is 0 Å². The molecular formula is C21H18N2O7. The van der Waals surface area contributed by atoms with Gasteiger partial charge in [0.2, 0.25) is 5.91 Å². The Labute approximate surface area is 171 Å². The van der Waals surface area contributed by atoms with Crippen molar-refractivity contribution in [1.29, 1.82) is 0 Å². The second-order valence-corrected chi connectivity index (χ2v) is 6.39. The summed E-state index contributed by atoms with van der Waals surface area (Å²) in [5, 5.41) is 2.55. The van der Waals surface area contributed by atoms with Gasteiger partial charge in [0.15, 0.2) is 0 Å². The summed E-state index contributed by atoms with van der Waals surface area (Å²) in [6, 6.07) is 10.4. The number of carbonyl (C=O) groups is 5. The van der Waals surface area contributed by atoms with E-state index in [-0.39, 0.29) is 29.8 Å². The zero-order valence-corrected chi connectivity index (χ0v) is 16.3. The SMILES string of the molecule is COC(=O)c1cc(NC(=O)CCN2C(=O)c3ccccc3C2=O)cc(C(=O)OC)c1. The molecule has 1 aliphatic rings. The van der Waals surface area contributed by atoms with Gasteiger partial charge in [-0.15, -0.1) is 0 Å². The minimum Gasteiger partial charge on any atom is -0.465 e.